The Labute approximate surface area is 145 Å². The lowest BCUT2D eigenvalue weighted by atomic mass is 9.73. The Hall–Kier alpha value is -0.510. The van der Waals surface area contributed by atoms with Crippen LogP contribution in [0.15, 0.2) is 35.2 Å². The van der Waals surface area contributed by atoms with E-state index in [-0.39, 0.29) is 6.10 Å². The molecule has 2 nitrogen and oxygen atoms in total. The molecule has 1 saturated heterocycles. The predicted octanol–water partition coefficient (Wildman–Crippen LogP) is 4.43. The molecule has 0 aromatic heterocycles. The fourth-order valence-corrected chi connectivity index (χ4v) is 5.32. The summed E-state index contributed by atoms with van der Waals surface area (Å²) < 4.78 is 0. The van der Waals surface area contributed by atoms with Gasteiger partial charge in [0.15, 0.2) is 0 Å². The molecule has 2 fully saturated rings. The summed E-state index contributed by atoms with van der Waals surface area (Å²) in [6, 6.07) is 11.1. The third kappa shape index (κ3) is 4.98. The molecule has 1 aromatic carbocycles. The van der Waals surface area contributed by atoms with Crippen molar-refractivity contribution in [1.29, 1.82) is 0 Å². The van der Waals surface area contributed by atoms with E-state index in [0.29, 0.717) is 6.04 Å². The molecule has 1 aromatic rings. The molecule has 0 radical (unpaired) electrons. The van der Waals surface area contributed by atoms with E-state index in [0.717, 1.165) is 30.6 Å². The molecule has 1 aliphatic carbocycles. The number of β-amino-alcohol motifs (C(OH)–C–C–N with tert-alkyl or cyclic N) is 1. The minimum atomic E-state index is -0.186. The van der Waals surface area contributed by atoms with E-state index in [2.05, 4.69) is 42.2 Å². The van der Waals surface area contributed by atoms with Crippen LogP contribution in [0.1, 0.15) is 45.4 Å². The number of rotatable bonds is 6. The molecule has 1 aliphatic heterocycles. The van der Waals surface area contributed by atoms with Crippen molar-refractivity contribution in [2.24, 2.45) is 11.8 Å². The maximum Gasteiger partial charge on any atom is 0.0675 e. The maximum atomic E-state index is 10.4. The van der Waals surface area contributed by atoms with Crippen LogP contribution in [0.4, 0.5) is 0 Å². The van der Waals surface area contributed by atoms with E-state index in [9.17, 15) is 5.11 Å². The lowest BCUT2D eigenvalue weighted by Crippen LogP contribution is -2.49. The lowest BCUT2D eigenvalue weighted by Gasteiger charge is -2.45. The van der Waals surface area contributed by atoms with Crippen molar-refractivity contribution >= 4 is 11.8 Å². The summed E-state index contributed by atoms with van der Waals surface area (Å²) in [7, 11) is 0. The van der Waals surface area contributed by atoms with Gasteiger partial charge in [-0.25, -0.2) is 0 Å². The molecule has 3 unspecified atom stereocenters. The SMILES string of the molecule is C[C@@H]1CC2CCCCC2CN1CC(O)CCSc1ccccc1. The molecule has 23 heavy (non-hydrogen) atoms. The van der Waals surface area contributed by atoms with Crippen LogP contribution in [0.3, 0.4) is 0 Å². The monoisotopic (exact) mass is 333 g/mol. The van der Waals surface area contributed by atoms with Gasteiger partial charge < -0.3 is 5.11 Å². The number of likely N-dealkylation sites (tertiary alicyclic amines) is 1. The normalized spacial score (nSPS) is 29.9. The Morgan fingerprint density at radius 2 is 1.91 bits per heavy atom. The minimum absolute atomic E-state index is 0.186. The zero-order chi connectivity index (χ0) is 16.1. The van der Waals surface area contributed by atoms with Gasteiger partial charge in [0.2, 0.25) is 0 Å². The fourth-order valence-electron chi connectivity index (χ4n) is 4.35. The summed E-state index contributed by atoms with van der Waals surface area (Å²) in [6.07, 6.45) is 7.75. The van der Waals surface area contributed by atoms with Gasteiger partial charge in [-0.2, -0.15) is 0 Å². The maximum absolute atomic E-state index is 10.4. The summed E-state index contributed by atoms with van der Waals surface area (Å²) in [5.74, 6) is 2.85. The first-order valence-corrected chi connectivity index (χ1v) is 10.3. The van der Waals surface area contributed by atoms with Crippen molar-refractivity contribution in [1.82, 2.24) is 4.90 Å². The van der Waals surface area contributed by atoms with Gasteiger partial charge in [-0.1, -0.05) is 37.5 Å². The van der Waals surface area contributed by atoms with Crippen molar-refractivity contribution in [3.63, 3.8) is 0 Å². The number of aliphatic hydroxyl groups excluding tert-OH is 1. The van der Waals surface area contributed by atoms with E-state index >= 15 is 0 Å². The van der Waals surface area contributed by atoms with Crippen LogP contribution in [0.5, 0.6) is 0 Å². The van der Waals surface area contributed by atoms with Gasteiger partial charge in [0.25, 0.3) is 0 Å². The van der Waals surface area contributed by atoms with Crippen molar-refractivity contribution < 1.29 is 5.11 Å². The highest BCUT2D eigenvalue weighted by Crippen LogP contribution is 2.38. The number of hydrogen-bond acceptors (Lipinski definition) is 3. The Morgan fingerprint density at radius 1 is 1.17 bits per heavy atom. The third-order valence-corrected chi connectivity index (χ3v) is 6.76. The van der Waals surface area contributed by atoms with E-state index in [1.54, 1.807) is 0 Å². The van der Waals surface area contributed by atoms with Crippen LogP contribution >= 0.6 is 11.8 Å². The summed E-state index contributed by atoms with van der Waals surface area (Å²) in [5, 5.41) is 10.4. The molecule has 0 spiro atoms. The second-order valence-electron chi connectivity index (χ2n) is 7.45. The molecule has 1 saturated carbocycles. The van der Waals surface area contributed by atoms with Crippen LogP contribution in [0.2, 0.25) is 0 Å². The molecule has 3 heteroatoms. The summed E-state index contributed by atoms with van der Waals surface area (Å²) in [5.41, 5.74) is 0. The van der Waals surface area contributed by atoms with Crippen molar-refractivity contribution in [2.45, 2.75) is 62.5 Å². The Morgan fingerprint density at radius 3 is 2.70 bits per heavy atom. The molecule has 0 amide bonds. The molecule has 1 heterocycles. The second kappa shape index (κ2) is 8.55. The molecule has 0 bridgehead atoms. The van der Waals surface area contributed by atoms with Gasteiger partial charge in [-0.3, -0.25) is 4.90 Å². The molecule has 3 rings (SSSR count). The second-order valence-corrected chi connectivity index (χ2v) is 8.62. The van der Waals surface area contributed by atoms with Crippen LogP contribution in [-0.4, -0.2) is 41.0 Å². The van der Waals surface area contributed by atoms with Gasteiger partial charge in [0.1, 0.15) is 0 Å². The number of hydrogen-bond donors (Lipinski definition) is 1. The first kappa shape index (κ1) is 17.3. The number of nitrogens with zero attached hydrogens (tertiary/aromatic N) is 1. The highest BCUT2D eigenvalue weighted by Gasteiger charge is 2.35. The van der Waals surface area contributed by atoms with E-state index in [1.165, 1.54) is 43.5 Å². The molecule has 2 aliphatic rings. The van der Waals surface area contributed by atoms with Gasteiger partial charge in [0.05, 0.1) is 6.10 Å². The van der Waals surface area contributed by atoms with E-state index < -0.39 is 0 Å². The molecule has 1 N–H and O–H groups in total. The van der Waals surface area contributed by atoms with Crippen molar-refractivity contribution in [3.05, 3.63) is 30.3 Å². The van der Waals surface area contributed by atoms with Gasteiger partial charge in [-0.05, 0) is 50.2 Å². The zero-order valence-electron chi connectivity index (χ0n) is 14.4. The van der Waals surface area contributed by atoms with E-state index in [4.69, 9.17) is 0 Å². The summed E-state index contributed by atoms with van der Waals surface area (Å²) in [4.78, 5) is 3.86. The van der Waals surface area contributed by atoms with Gasteiger partial charge in [-0.15, -0.1) is 11.8 Å². The predicted molar refractivity (Wildman–Crippen MR) is 98.9 cm³/mol. The van der Waals surface area contributed by atoms with Gasteiger partial charge >= 0.3 is 0 Å². The number of fused-ring (bicyclic) bond motifs is 1. The number of benzene rings is 1. The highest BCUT2D eigenvalue weighted by atomic mass is 32.2. The quantitative estimate of drug-likeness (QED) is 0.779. The first-order valence-electron chi connectivity index (χ1n) is 9.32. The van der Waals surface area contributed by atoms with Crippen molar-refractivity contribution in [3.8, 4) is 0 Å². The number of thioether (sulfide) groups is 1. The van der Waals surface area contributed by atoms with Crippen LogP contribution in [0.25, 0.3) is 0 Å². The van der Waals surface area contributed by atoms with Crippen molar-refractivity contribution in [2.75, 3.05) is 18.8 Å². The fraction of sp³-hybridized carbons (Fsp3) is 0.700. The smallest absolute Gasteiger partial charge is 0.0675 e. The largest absolute Gasteiger partial charge is 0.392 e. The van der Waals surface area contributed by atoms with Crippen LogP contribution < -0.4 is 0 Å². The summed E-state index contributed by atoms with van der Waals surface area (Å²) >= 11 is 1.85. The zero-order valence-corrected chi connectivity index (χ0v) is 15.2. The lowest BCUT2D eigenvalue weighted by molar-refractivity contribution is 0.0131. The third-order valence-electron chi connectivity index (χ3n) is 5.71. The number of aliphatic hydroxyl groups is 1. The Bertz CT molecular complexity index is 466. The Kier molecular flexibility index (Phi) is 6.44. The topological polar surface area (TPSA) is 23.5 Å². The minimum Gasteiger partial charge on any atom is -0.392 e. The molecule has 4 atom stereocenters. The Balaban J connectivity index is 1.41. The first-order chi connectivity index (χ1) is 11.2. The average Bonchev–Trinajstić information content (AvgIpc) is 2.56. The molecule has 128 valence electrons. The average molecular weight is 334 g/mol. The molecular formula is C20H31NOS. The number of piperidine rings is 1. The standard InChI is InChI=1S/C20H31NOS/c1-16-13-17-7-5-6-8-18(17)14-21(16)15-19(22)11-12-23-20-9-3-2-4-10-20/h2-4,9-10,16-19,22H,5-8,11-15H2,1H3/t16-,17?,18?,19?/m1/s1. The van der Waals surface area contributed by atoms with Crippen LogP contribution in [-0.2, 0) is 0 Å². The highest BCUT2D eigenvalue weighted by molar-refractivity contribution is 7.99. The van der Waals surface area contributed by atoms with Gasteiger partial charge in [0, 0.05) is 29.8 Å². The molecular weight excluding hydrogens is 302 g/mol. The summed E-state index contributed by atoms with van der Waals surface area (Å²) in [6.45, 7) is 4.44. The van der Waals surface area contributed by atoms with Crippen LogP contribution in [0, 0.1) is 11.8 Å². The van der Waals surface area contributed by atoms with E-state index in [1.807, 2.05) is 11.8 Å².